The molecular formula is C22H24FN5O3. The number of benzene rings is 1. The van der Waals surface area contributed by atoms with Crippen LogP contribution in [0.5, 0.6) is 0 Å². The maximum Gasteiger partial charge on any atom is 0.407 e. The van der Waals surface area contributed by atoms with Gasteiger partial charge in [0.25, 0.3) is 5.91 Å². The summed E-state index contributed by atoms with van der Waals surface area (Å²) in [6.07, 6.45) is 6.15. The third-order valence-corrected chi connectivity index (χ3v) is 5.87. The number of aromatic nitrogens is 3. The smallest absolute Gasteiger partial charge is 0.407 e. The van der Waals surface area contributed by atoms with Gasteiger partial charge in [0, 0.05) is 30.7 Å². The largest absolute Gasteiger partial charge is 0.465 e. The molecule has 3 heterocycles. The molecule has 8 nitrogen and oxygen atoms in total. The van der Waals surface area contributed by atoms with Gasteiger partial charge in [-0.15, -0.1) is 0 Å². The average Bonchev–Trinajstić information content (AvgIpc) is 3.22. The van der Waals surface area contributed by atoms with Crippen molar-refractivity contribution in [2.45, 2.75) is 32.2 Å². The van der Waals surface area contributed by atoms with Crippen molar-refractivity contribution in [2.24, 2.45) is 5.92 Å². The topological polar surface area (TPSA) is 100 Å². The minimum atomic E-state index is -0.923. The summed E-state index contributed by atoms with van der Waals surface area (Å²) in [5, 5.41) is 17.4. The molecule has 9 heteroatoms. The van der Waals surface area contributed by atoms with Crippen molar-refractivity contribution < 1.29 is 19.1 Å². The third kappa shape index (κ3) is 4.21. The van der Waals surface area contributed by atoms with Gasteiger partial charge in [-0.2, -0.15) is 5.10 Å². The summed E-state index contributed by atoms with van der Waals surface area (Å²) in [6.45, 7) is 2.93. The summed E-state index contributed by atoms with van der Waals surface area (Å²) >= 11 is 0. The number of fused-ring (bicyclic) bond motifs is 1. The summed E-state index contributed by atoms with van der Waals surface area (Å²) in [5.74, 6) is -0.544. The highest BCUT2D eigenvalue weighted by molar-refractivity contribution is 6.06. The lowest BCUT2D eigenvalue weighted by atomic mass is 9.89. The number of carboxylic acid groups (broad SMARTS) is 1. The maximum absolute atomic E-state index is 13.3. The fourth-order valence-electron chi connectivity index (χ4n) is 4.22. The summed E-state index contributed by atoms with van der Waals surface area (Å²) in [6, 6.07) is 5.78. The number of carbonyl (C=O) groups is 2. The molecule has 2 atom stereocenters. The van der Waals surface area contributed by atoms with E-state index in [0.717, 1.165) is 12.8 Å². The number of piperidine rings is 1. The van der Waals surface area contributed by atoms with E-state index in [0.29, 0.717) is 41.7 Å². The first-order valence-corrected chi connectivity index (χ1v) is 10.3. The molecule has 2 unspecified atom stereocenters. The molecule has 4 rings (SSSR count). The van der Waals surface area contributed by atoms with Crippen molar-refractivity contribution in [1.82, 2.24) is 25.0 Å². The highest BCUT2D eigenvalue weighted by atomic mass is 19.1. The van der Waals surface area contributed by atoms with Crippen LogP contribution in [0.4, 0.5) is 9.18 Å². The minimum absolute atomic E-state index is 0.0629. The molecule has 0 aliphatic carbocycles. The van der Waals surface area contributed by atoms with E-state index in [2.05, 4.69) is 15.4 Å². The quantitative estimate of drug-likeness (QED) is 0.652. The first kappa shape index (κ1) is 20.8. The highest BCUT2D eigenvalue weighted by Gasteiger charge is 2.30. The molecule has 0 spiro atoms. The Bertz CT molecular complexity index is 1100. The highest BCUT2D eigenvalue weighted by Crippen LogP contribution is 2.24. The molecule has 0 bridgehead atoms. The normalized spacial score (nSPS) is 17.5. The summed E-state index contributed by atoms with van der Waals surface area (Å²) < 4.78 is 14.9. The molecule has 1 saturated heterocycles. The van der Waals surface area contributed by atoms with Gasteiger partial charge in [-0.1, -0.05) is 6.92 Å². The first-order valence-electron chi connectivity index (χ1n) is 10.3. The molecule has 0 saturated carbocycles. The number of amides is 2. The molecule has 2 N–H and O–H groups in total. The van der Waals surface area contributed by atoms with Gasteiger partial charge < -0.3 is 15.3 Å². The number of pyridine rings is 1. The summed E-state index contributed by atoms with van der Waals surface area (Å²) in [5.41, 5.74) is 1.70. The van der Waals surface area contributed by atoms with E-state index in [1.807, 2.05) is 6.92 Å². The van der Waals surface area contributed by atoms with Crippen molar-refractivity contribution >= 4 is 22.9 Å². The molecule has 1 fully saturated rings. The minimum Gasteiger partial charge on any atom is -0.465 e. The summed E-state index contributed by atoms with van der Waals surface area (Å²) in [4.78, 5) is 30.1. The van der Waals surface area contributed by atoms with Gasteiger partial charge >= 0.3 is 6.09 Å². The second kappa shape index (κ2) is 8.71. The lowest BCUT2D eigenvalue weighted by Gasteiger charge is -2.35. The Morgan fingerprint density at radius 3 is 2.74 bits per heavy atom. The predicted octanol–water partition coefficient (Wildman–Crippen LogP) is 3.46. The van der Waals surface area contributed by atoms with Gasteiger partial charge in [-0.3, -0.25) is 9.78 Å². The standard InChI is InChI=1S/C22H24FN5O3/c1-2-19(14-4-3-9-27(13-14)22(30)31)26-21(29)18-10-24-12-20-17(18)11-25-28(20)16-7-5-15(23)6-8-16/h5-8,10-12,14,19H,2-4,9,13H2,1H3,(H,26,29)(H,30,31). The van der Waals surface area contributed by atoms with E-state index >= 15 is 0 Å². The fourth-order valence-corrected chi connectivity index (χ4v) is 4.22. The maximum atomic E-state index is 13.3. The van der Waals surface area contributed by atoms with E-state index in [9.17, 15) is 19.1 Å². The monoisotopic (exact) mass is 425 g/mol. The molecule has 1 aliphatic heterocycles. The molecular weight excluding hydrogens is 401 g/mol. The van der Waals surface area contributed by atoms with Crippen LogP contribution in [0.3, 0.4) is 0 Å². The van der Waals surface area contributed by atoms with Crippen LogP contribution in [0.15, 0.2) is 42.9 Å². The predicted molar refractivity (Wildman–Crippen MR) is 113 cm³/mol. The van der Waals surface area contributed by atoms with Crippen LogP contribution >= 0.6 is 0 Å². The number of likely N-dealkylation sites (tertiary alicyclic amines) is 1. The fraction of sp³-hybridized carbons (Fsp3) is 0.364. The molecule has 2 aromatic heterocycles. The van der Waals surface area contributed by atoms with E-state index in [-0.39, 0.29) is 23.7 Å². The molecule has 2 amide bonds. The number of halogens is 1. The Balaban J connectivity index is 1.57. The van der Waals surface area contributed by atoms with Crippen LogP contribution in [0.25, 0.3) is 16.6 Å². The number of carbonyl (C=O) groups excluding carboxylic acids is 1. The van der Waals surface area contributed by atoms with Gasteiger partial charge in [-0.25, -0.2) is 13.9 Å². The van der Waals surface area contributed by atoms with E-state index < -0.39 is 6.09 Å². The van der Waals surface area contributed by atoms with Crippen LogP contribution in [0.2, 0.25) is 0 Å². The van der Waals surface area contributed by atoms with Crippen LogP contribution in [0.1, 0.15) is 36.5 Å². The zero-order valence-corrected chi connectivity index (χ0v) is 17.2. The Labute approximate surface area is 178 Å². The van der Waals surface area contributed by atoms with E-state index in [1.165, 1.54) is 23.2 Å². The zero-order chi connectivity index (χ0) is 22.0. The SMILES string of the molecule is CCC(NC(=O)c1cncc2c1cnn2-c1ccc(F)cc1)C1CCCN(C(=O)O)C1. The van der Waals surface area contributed by atoms with Gasteiger partial charge in [0.1, 0.15) is 5.82 Å². The van der Waals surface area contributed by atoms with Crippen LogP contribution in [-0.2, 0) is 0 Å². The second-order valence-electron chi connectivity index (χ2n) is 7.77. The number of hydrogen-bond donors (Lipinski definition) is 2. The average molecular weight is 425 g/mol. The lowest BCUT2D eigenvalue weighted by molar-refractivity contribution is 0.0871. The molecule has 0 radical (unpaired) electrons. The molecule has 1 aromatic carbocycles. The lowest BCUT2D eigenvalue weighted by Crippen LogP contribution is -2.48. The Kier molecular flexibility index (Phi) is 5.83. The van der Waals surface area contributed by atoms with Crippen LogP contribution in [-0.4, -0.2) is 55.9 Å². The molecule has 3 aromatic rings. The van der Waals surface area contributed by atoms with Crippen LogP contribution in [0, 0.1) is 11.7 Å². The Hall–Kier alpha value is -3.49. The molecule has 1 aliphatic rings. The number of rotatable bonds is 5. The zero-order valence-electron chi connectivity index (χ0n) is 17.2. The van der Waals surface area contributed by atoms with Crippen molar-refractivity contribution in [3.63, 3.8) is 0 Å². The van der Waals surface area contributed by atoms with Gasteiger partial charge in [0.05, 0.1) is 29.2 Å². The van der Waals surface area contributed by atoms with Crippen LogP contribution < -0.4 is 5.32 Å². The van der Waals surface area contributed by atoms with E-state index in [1.54, 1.807) is 29.2 Å². The molecule has 162 valence electrons. The van der Waals surface area contributed by atoms with Crippen molar-refractivity contribution in [3.05, 3.63) is 54.2 Å². The van der Waals surface area contributed by atoms with Crippen molar-refractivity contribution in [3.8, 4) is 5.69 Å². The number of nitrogens with one attached hydrogen (secondary N) is 1. The van der Waals surface area contributed by atoms with Crippen molar-refractivity contribution in [2.75, 3.05) is 13.1 Å². The number of hydrogen-bond acceptors (Lipinski definition) is 4. The van der Waals surface area contributed by atoms with Crippen molar-refractivity contribution in [1.29, 1.82) is 0 Å². The van der Waals surface area contributed by atoms with Gasteiger partial charge in [0.15, 0.2) is 0 Å². The van der Waals surface area contributed by atoms with Gasteiger partial charge in [0.2, 0.25) is 0 Å². The Morgan fingerprint density at radius 1 is 1.26 bits per heavy atom. The van der Waals surface area contributed by atoms with Gasteiger partial charge in [-0.05, 0) is 49.4 Å². The second-order valence-corrected chi connectivity index (χ2v) is 7.77. The Morgan fingerprint density at radius 2 is 2.03 bits per heavy atom. The van der Waals surface area contributed by atoms with E-state index in [4.69, 9.17) is 0 Å². The number of nitrogens with zero attached hydrogens (tertiary/aromatic N) is 4. The third-order valence-electron chi connectivity index (χ3n) is 5.87. The summed E-state index contributed by atoms with van der Waals surface area (Å²) in [7, 11) is 0. The molecule has 31 heavy (non-hydrogen) atoms. The first-order chi connectivity index (χ1) is 15.0.